The van der Waals surface area contributed by atoms with E-state index in [-0.39, 0.29) is 49.7 Å². The SMILES string of the molecule is O=C(C1CC1)N1CCN(c2ccnn3cc(-c4cnn(C5CCCC(F)(F)C5)c4)cc23)CC1.O=C(C1CC1)N1CCN(c2ccnn3cc(-c4cnn(C5CNCC(F)(F)C5)c4)cc23)CC1. The standard InChI is InChI=1S/C24H28F2N6O.C23H27F2N7O/c25-24(26)6-1-2-20(13-24)31-16-19(14-28-31)18-12-22-21(5-7-27-32(22)15-18)29-8-10-30(11-9-29)23(33)17-3-4-17;24-23(25)10-19(12-26-15-23)31-14-18(11-28-31)17-9-21-20(3-4-27-32(21)13-17)29-5-7-30(8-6-29)22(33)16-1-2-16/h5,7,12,14-17,20H,1-4,6,8-11,13H2;3-4,9,11,13-14,16,19,26H,1-2,5-8,10,12,15H2. The predicted octanol–water partition coefficient (Wildman–Crippen LogP) is 6.43. The van der Waals surface area contributed by atoms with Crippen molar-refractivity contribution in [2.45, 2.75) is 81.7 Å². The third-order valence-electron chi connectivity index (χ3n) is 14.2. The Balaban J connectivity index is 0.000000146. The van der Waals surface area contributed by atoms with Crippen LogP contribution in [0.2, 0.25) is 0 Å². The fourth-order valence-corrected chi connectivity index (χ4v) is 10.2. The molecular weight excluding hydrogens is 855 g/mol. The van der Waals surface area contributed by atoms with Crippen LogP contribution in [0, 0.1) is 11.8 Å². The number of piperazine rings is 2. The Morgan fingerprint density at radius 1 is 0.576 bits per heavy atom. The van der Waals surface area contributed by atoms with Gasteiger partial charge in [-0.05, 0) is 62.8 Å². The molecule has 3 aliphatic heterocycles. The molecule has 6 aromatic heterocycles. The molecule has 15 nitrogen and oxygen atoms in total. The lowest BCUT2D eigenvalue weighted by Gasteiger charge is -2.36. The Morgan fingerprint density at radius 3 is 1.53 bits per heavy atom. The van der Waals surface area contributed by atoms with Crippen molar-refractivity contribution in [2.24, 2.45) is 11.8 Å². The van der Waals surface area contributed by atoms with Gasteiger partial charge in [0.25, 0.3) is 5.92 Å². The van der Waals surface area contributed by atoms with Gasteiger partial charge < -0.3 is 24.9 Å². The highest BCUT2D eigenvalue weighted by Gasteiger charge is 2.39. The number of alkyl halides is 4. The van der Waals surface area contributed by atoms with Gasteiger partial charge in [0, 0.05) is 149 Å². The van der Waals surface area contributed by atoms with E-state index in [4.69, 9.17) is 0 Å². The van der Waals surface area contributed by atoms with Crippen molar-refractivity contribution in [1.29, 1.82) is 0 Å². The molecule has 0 bridgehead atoms. The second-order valence-corrected chi connectivity index (χ2v) is 19.1. The van der Waals surface area contributed by atoms with E-state index in [2.05, 4.69) is 47.6 Å². The summed E-state index contributed by atoms with van der Waals surface area (Å²) in [6.45, 7) is 6.36. The van der Waals surface area contributed by atoms with Crippen LogP contribution in [0.25, 0.3) is 33.3 Å². The molecule has 2 amide bonds. The minimum atomic E-state index is -2.72. The molecular formula is C47H55F4N13O2. The molecule has 19 heteroatoms. The molecule has 6 aromatic rings. The maximum absolute atomic E-state index is 13.9. The molecule has 3 saturated carbocycles. The largest absolute Gasteiger partial charge is 0.366 e. The number of hydrogen-bond donors (Lipinski definition) is 1. The molecule has 12 rings (SSSR count). The zero-order chi connectivity index (χ0) is 45.2. The minimum absolute atomic E-state index is 0.0278. The molecule has 0 radical (unpaired) electrons. The first-order valence-electron chi connectivity index (χ1n) is 23.5. The number of anilines is 2. The monoisotopic (exact) mass is 909 g/mol. The van der Waals surface area contributed by atoms with Crippen LogP contribution >= 0.6 is 0 Å². The minimum Gasteiger partial charge on any atom is -0.366 e. The van der Waals surface area contributed by atoms with E-state index in [0.29, 0.717) is 24.8 Å². The molecule has 6 aliphatic rings. The first-order valence-corrected chi connectivity index (χ1v) is 23.5. The number of carbonyl (C=O) groups excluding carboxylic acids is 2. The van der Waals surface area contributed by atoms with E-state index in [1.165, 1.54) is 0 Å². The van der Waals surface area contributed by atoms with E-state index in [1.54, 1.807) is 34.2 Å². The quantitative estimate of drug-likeness (QED) is 0.172. The molecule has 9 heterocycles. The highest BCUT2D eigenvalue weighted by atomic mass is 19.3. The molecule has 0 aromatic carbocycles. The van der Waals surface area contributed by atoms with Crippen molar-refractivity contribution in [3.05, 3.63) is 73.8 Å². The fraction of sp³-hybridized carbons (Fsp3) is 0.532. The van der Waals surface area contributed by atoms with Crippen LogP contribution in [0.5, 0.6) is 0 Å². The van der Waals surface area contributed by atoms with Crippen molar-refractivity contribution in [3.63, 3.8) is 0 Å². The van der Waals surface area contributed by atoms with Gasteiger partial charge in [-0.1, -0.05) is 0 Å². The summed E-state index contributed by atoms with van der Waals surface area (Å²) in [5, 5.41) is 20.5. The van der Waals surface area contributed by atoms with Gasteiger partial charge in [-0.25, -0.2) is 26.6 Å². The number of halogens is 4. The second kappa shape index (κ2) is 17.0. The van der Waals surface area contributed by atoms with Crippen LogP contribution < -0.4 is 15.1 Å². The van der Waals surface area contributed by atoms with Crippen LogP contribution in [0.15, 0.2) is 73.8 Å². The van der Waals surface area contributed by atoms with Crippen molar-refractivity contribution in [2.75, 3.05) is 75.2 Å². The maximum Gasteiger partial charge on any atom is 0.262 e. The number of fused-ring (bicyclic) bond motifs is 2. The summed E-state index contributed by atoms with van der Waals surface area (Å²) in [5.74, 6) is -4.18. The van der Waals surface area contributed by atoms with E-state index in [0.717, 1.165) is 129 Å². The number of nitrogens with one attached hydrogen (secondary N) is 1. The zero-order valence-corrected chi connectivity index (χ0v) is 36.9. The number of carbonyl (C=O) groups is 2. The highest BCUT2D eigenvalue weighted by molar-refractivity contribution is 5.84. The summed E-state index contributed by atoms with van der Waals surface area (Å²) in [7, 11) is 0. The van der Waals surface area contributed by atoms with E-state index in [1.807, 2.05) is 55.8 Å². The van der Waals surface area contributed by atoms with E-state index in [9.17, 15) is 27.2 Å². The van der Waals surface area contributed by atoms with Gasteiger partial charge >= 0.3 is 0 Å². The number of hydrogen-bond acceptors (Lipinski definition) is 9. The average Bonchev–Trinajstić information content (AvgIpc) is 4.10. The lowest BCUT2D eigenvalue weighted by atomic mass is 9.92. The van der Waals surface area contributed by atoms with Gasteiger partial charge in [-0.15, -0.1) is 0 Å². The Labute approximate surface area is 379 Å². The lowest BCUT2D eigenvalue weighted by Crippen LogP contribution is -2.49. The Hall–Kier alpha value is -5.98. The van der Waals surface area contributed by atoms with Gasteiger partial charge in [0.05, 0.1) is 53.4 Å². The summed E-state index contributed by atoms with van der Waals surface area (Å²) in [6.07, 6.45) is 19.7. The fourth-order valence-electron chi connectivity index (χ4n) is 10.2. The smallest absolute Gasteiger partial charge is 0.262 e. The van der Waals surface area contributed by atoms with Crippen molar-refractivity contribution in [3.8, 4) is 22.3 Å². The first kappa shape index (κ1) is 42.6. The van der Waals surface area contributed by atoms with E-state index >= 15 is 0 Å². The number of nitrogens with zero attached hydrogens (tertiary/aromatic N) is 12. The molecule has 3 saturated heterocycles. The predicted molar refractivity (Wildman–Crippen MR) is 240 cm³/mol. The summed E-state index contributed by atoms with van der Waals surface area (Å²) in [4.78, 5) is 33.3. The summed E-state index contributed by atoms with van der Waals surface area (Å²) in [5.41, 5.74) is 7.83. The van der Waals surface area contributed by atoms with Crippen molar-refractivity contribution >= 4 is 34.2 Å². The zero-order valence-electron chi connectivity index (χ0n) is 36.9. The number of aromatic nitrogens is 8. The Bertz CT molecular complexity index is 2540. The van der Waals surface area contributed by atoms with Gasteiger partial charge in [-0.2, -0.15) is 20.4 Å². The molecule has 2 unspecified atom stereocenters. The molecule has 1 N–H and O–H groups in total. The van der Waals surface area contributed by atoms with Crippen molar-refractivity contribution < 1.29 is 27.2 Å². The normalized spacial score (nSPS) is 23.3. The maximum atomic E-state index is 13.9. The second-order valence-electron chi connectivity index (χ2n) is 19.1. The number of piperidine rings is 1. The first-order chi connectivity index (χ1) is 31.9. The lowest BCUT2D eigenvalue weighted by molar-refractivity contribution is -0.133. The van der Waals surface area contributed by atoms with Crippen LogP contribution in [-0.4, -0.2) is 138 Å². The van der Waals surface area contributed by atoms with Crippen LogP contribution in [-0.2, 0) is 9.59 Å². The molecule has 66 heavy (non-hydrogen) atoms. The molecule has 348 valence electrons. The average molecular weight is 910 g/mol. The topological polar surface area (TPSA) is 129 Å². The van der Waals surface area contributed by atoms with Gasteiger partial charge in [0.2, 0.25) is 17.7 Å². The molecule has 2 atom stereocenters. The van der Waals surface area contributed by atoms with Crippen LogP contribution in [0.3, 0.4) is 0 Å². The van der Waals surface area contributed by atoms with E-state index < -0.39 is 11.8 Å². The number of rotatable bonds is 8. The molecule has 6 fully saturated rings. The Morgan fingerprint density at radius 2 is 1.06 bits per heavy atom. The van der Waals surface area contributed by atoms with Gasteiger partial charge in [0.1, 0.15) is 0 Å². The van der Waals surface area contributed by atoms with Crippen LogP contribution in [0.1, 0.15) is 69.9 Å². The van der Waals surface area contributed by atoms with Crippen LogP contribution in [0.4, 0.5) is 28.9 Å². The third kappa shape index (κ3) is 8.85. The summed E-state index contributed by atoms with van der Waals surface area (Å²) >= 11 is 0. The molecule has 3 aliphatic carbocycles. The van der Waals surface area contributed by atoms with Gasteiger partial charge in [0.15, 0.2) is 0 Å². The van der Waals surface area contributed by atoms with Crippen molar-refractivity contribution in [1.82, 2.24) is 53.9 Å². The third-order valence-corrected chi connectivity index (χ3v) is 14.2. The van der Waals surface area contributed by atoms with Gasteiger partial charge in [-0.3, -0.25) is 19.0 Å². The Kier molecular flexibility index (Phi) is 11.0. The highest BCUT2D eigenvalue weighted by Crippen LogP contribution is 2.40. The molecule has 0 spiro atoms. The number of amides is 2. The summed E-state index contributed by atoms with van der Waals surface area (Å²) < 4.78 is 62.4. The summed E-state index contributed by atoms with van der Waals surface area (Å²) in [6, 6.07) is 7.55.